The predicted molar refractivity (Wildman–Crippen MR) is 32.3 cm³/mol. The zero-order chi connectivity index (χ0) is 7.49. The van der Waals surface area contributed by atoms with E-state index in [-0.39, 0.29) is 0 Å². The largest absolute Gasteiger partial charge is 0.481 e. The van der Waals surface area contributed by atoms with Gasteiger partial charge in [-0.05, 0) is 0 Å². The van der Waals surface area contributed by atoms with Crippen molar-refractivity contribution < 1.29 is 23.0 Å². The van der Waals surface area contributed by atoms with Crippen LogP contribution in [-0.2, 0) is 13.0 Å². The zero-order valence-corrected chi connectivity index (χ0v) is 6.63. The van der Waals surface area contributed by atoms with Crippen molar-refractivity contribution in [3.05, 3.63) is 0 Å². The molecular weight excluding hydrogens is 215 g/mol. The summed E-state index contributed by atoms with van der Waals surface area (Å²) >= 11 is 2.22. The summed E-state index contributed by atoms with van der Waals surface area (Å²) in [5.74, 6) is -1.37. The van der Waals surface area contributed by atoms with Crippen molar-refractivity contribution in [3.8, 4) is 0 Å². The molecule has 7 heteroatoms. The Morgan fingerprint density at radius 2 is 2.22 bits per heavy atom. The third-order valence-corrected chi connectivity index (χ3v) is 2.69. The molecule has 0 aromatic rings. The van der Waals surface area contributed by atoms with Gasteiger partial charge in [0.25, 0.3) is 0 Å². The molecule has 0 aromatic heterocycles. The summed E-state index contributed by atoms with van der Waals surface area (Å²) in [6.07, 6.45) is -0.891. The Kier molecular flexibility index (Phi) is 3.35. The van der Waals surface area contributed by atoms with Crippen molar-refractivity contribution in [1.29, 1.82) is 0 Å². The highest BCUT2D eigenvalue weighted by Crippen LogP contribution is 2.43. The highest BCUT2D eigenvalue weighted by atomic mass is 79.9. The zero-order valence-electron chi connectivity index (χ0n) is 4.15. The first-order valence-electron chi connectivity index (χ1n) is 1.82. The van der Waals surface area contributed by atoms with Gasteiger partial charge >= 0.3 is 13.6 Å². The molecule has 5 nitrogen and oxygen atoms in total. The van der Waals surface area contributed by atoms with E-state index in [2.05, 4.69) is 19.9 Å². The average Bonchev–Trinajstić information content (AvgIpc) is 1.63. The Balaban J connectivity index is 3.88. The Bertz CT molecular complexity index is 155. The molecule has 0 fully saturated rings. The van der Waals surface area contributed by atoms with E-state index in [4.69, 9.17) is 10.00 Å². The van der Waals surface area contributed by atoms with Gasteiger partial charge in [0.05, 0.1) is 0 Å². The number of hydrogen-bond acceptors (Lipinski definition) is 3. The molecule has 0 aliphatic rings. The number of carbonyl (C=O) groups is 1. The molecule has 0 saturated heterocycles. The molecule has 0 aliphatic carbocycles. The fourth-order valence-electron chi connectivity index (χ4n) is 0.195. The molecule has 0 saturated carbocycles. The molecule has 0 rings (SSSR count). The Morgan fingerprint density at radius 1 is 1.78 bits per heavy atom. The van der Waals surface area contributed by atoms with Crippen LogP contribution in [0.3, 0.4) is 0 Å². The molecular formula is C2H4BrO5P. The number of rotatable bonds is 3. The lowest BCUT2D eigenvalue weighted by atomic mass is 10.8. The van der Waals surface area contributed by atoms with Crippen LogP contribution >= 0.6 is 23.9 Å². The van der Waals surface area contributed by atoms with E-state index < -0.39 is 19.7 Å². The van der Waals surface area contributed by atoms with E-state index in [1.165, 1.54) is 0 Å². The minimum absolute atomic E-state index is 0.891. The van der Waals surface area contributed by atoms with E-state index in [1.54, 1.807) is 0 Å². The maximum atomic E-state index is 10.3. The van der Waals surface area contributed by atoms with Crippen LogP contribution in [0.2, 0.25) is 0 Å². The molecule has 0 bridgehead atoms. The highest BCUT2D eigenvalue weighted by Gasteiger charge is 2.22. The van der Waals surface area contributed by atoms with Gasteiger partial charge in [0.2, 0.25) is 0 Å². The van der Waals surface area contributed by atoms with E-state index in [0.29, 0.717) is 0 Å². The second-order valence-electron chi connectivity index (χ2n) is 1.26. The summed E-state index contributed by atoms with van der Waals surface area (Å²) in [5.41, 5.74) is 0. The smallest absolute Gasteiger partial charge is 0.350 e. The quantitative estimate of drug-likeness (QED) is 0.678. The third-order valence-electron chi connectivity index (χ3n) is 0.443. The van der Waals surface area contributed by atoms with Crippen LogP contribution in [0.5, 0.6) is 0 Å². The predicted octanol–water partition coefficient (Wildman–Crippen LogP) is 0.583. The molecule has 9 heavy (non-hydrogen) atoms. The minimum atomic E-state index is -3.91. The van der Waals surface area contributed by atoms with Crippen LogP contribution in [0, 0.1) is 0 Å². The SMILES string of the molecule is O=C(O)CP(=O)(O)OBr. The Hall–Kier alpha value is 0.100. The lowest BCUT2D eigenvalue weighted by molar-refractivity contribution is -0.134. The summed E-state index contributed by atoms with van der Waals surface area (Å²) in [4.78, 5) is 18.1. The summed E-state index contributed by atoms with van der Waals surface area (Å²) in [6, 6.07) is 0. The maximum absolute atomic E-state index is 10.3. The van der Waals surface area contributed by atoms with Crippen molar-refractivity contribution in [2.45, 2.75) is 0 Å². The number of carboxylic acids is 1. The standard InChI is InChI=1S/C2H4BrO5P/c3-8-9(6,7)1-2(4)5/h1H2,(H,4,5)(H,6,7). The van der Waals surface area contributed by atoms with Gasteiger partial charge in [0.1, 0.15) is 22.4 Å². The van der Waals surface area contributed by atoms with E-state index in [9.17, 15) is 9.36 Å². The van der Waals surface area contributed by atoms with Crippen LogP contribution in [0.15, 0.2) is 0 Å². The summed E-state index contributed by atoms with van der Waals surface area (Å²) in [7, 11) is -3.91. The molecule has 0 spiro atoms. The molecule has 54 valence electrons. The minimum Gasteiger partial charge on any atom is -0.481 e. The highest BCUT2D eigenvalue weighted by molar-refractivity contribution is 9.06. The average molecular weight is 219 g/mol. The van der Waals surface area contributed by atoms with Gasteiger partial charge in [-0.15, -0.1) is 0 Å². The van der Waals surface area contributed by atoms with Crippen LogP contribution in [0.4, 0.5) is 0 Å². The van der Waals surface area contributed by atoms with Gasteiger partial charge in [0.15, 0.2) is 0 Å². The van der Waals surface area contributed by atoms with E-state index in [1.807, 2.05) is 0 Å². The van der Waals surface area contributed by atoms with Crippen molar-refractivity contribution in [3.63, 3.8) is 0 Å². The number of hydrogen-bond donors (Lipinski definition) is 2. The second kappa shape index (κ2) is 3.31. The fraction of sp³-hybridized carbons (Fsp3) is 0.500. The molecule has 1 atom stereocenters. The normalized spacial score (nSPS) is 16.7. The van der Waals surface area contributed by atoms with Crippen LogP contribution in [0.25, 0.3) is 0 Å². The first kappa shape index (κ1) is 9.10. The first-order valence-corrected chi connectivity index (χ1v) is 4.23. The molecule has 0 amide bonds. The molecule has 1 unspecified atom stereocenters. The second-order valence-corrected chi connectivity index (χ2v) is 3.86. The lowest BCUT2D eigenvalue weighted by Crippen LogP contribution is -2.02. The molecule has 0 aliphatic heterocycles. The van der Waals surface area contributed by atoms with Crippen molar-refractivity contribution in [2.24, 2.45) is 0 Å². The van der Waals surface area contributed by atoms with Crippen molar-refractivity contribution >= 4 is 29.8 Å². The van der Waals surface area contributed by atoms with Crippen LogP contribution < -0.4 is 0 Å². The van der Waals surface area contributed by atoms with Gasteiger partial charge in [0, 0.05) is 0 Å². The van der Waals surface area contributed by atoms with Gasteiger partial charge in [-0.1, -0.05) is 0 Å². The maximum Gasteiger partial charge on any atom is 0.350 e. The van der Waals surface area contributed by atoms with E-state index in [0.717, 1.165) is 0 Å². The third kappa shape index (κ3) is 4.59. The van der Waals surface area contributed by atoms with Gasteiger partial charge in [-0.3, -0.25) is 9.36 Å². The molecule has 0 aromatic carbocycles. The number of halogens is 1. The van der Waals surface area contributed by atoms with Crippen molar-refractivity contribution in [2.75, 3.05) is 6.16 Å². The topological polar surface area (TPSA) is 83.8 Å². The van der Waals surface area contributed by atoms with Crippen LogP contribution in [0.1, 0.15) is 0 Å². The fourth-order valence-corrected chi connectivity index (χ4v) is 0.893. The lowest BCUT2D eigenvalue weighted by Gasteiger charge is -2.00. The van der Waals surface area contributed by atoms with Gasteiger partial charge < -0.3 is 10.00 Å². The number of carboxylic acid groups (broad SMARTS) is 1. The van der Waals surface area contributed by atoms with Crippen LogP contribution in [-0.4, -0.2) is 22.1 Å². The Labute approximate surface area is 59.6 Å². The van der Waals surface area contributed by atoms with Gasteiger partial charge in [-0.2, -0.15) is 0 Å². The summed E-state index contributed by atoms with van der Waals surface area (Å²) < 4.78 is 14.1. The van der Waals surface area contributed by atoms with E-state index >= 15 is 0 Å². The monoisotopic (exact) mass is 218 g/mol. The van der Waals surface area contributed by atoms with Gasteiger partial charge in [-0.25, -0.2) is 3.62 Å². The summed E-state index contributed by atoms with van der Waals surface area (Å²) in [6.45, 7) is 0. The molecule has 0 heterocycles. The molecule has 2 N–H and O–H groups in total. The van der Waals surface area contributed by atoms with Crippen molar-refractivity contribution in [1.82, 2.24) is 0 Å². The number of aliphatic carboxylic acids is 1. The molecule has 0 radical (unpaired) electrons. The summed E-state index contributed by atoms with van der Waals surface area (Å²) in [5, 5.41) is 7.95. The Morgan fingerprint density at radius 3 is 2.33 bits per heavy atom. The first-order chi connectivity index (χ1) is 3.98.